The molecule has 26 heavy (non-hydrogen) atoms. The number of rotatable bonds is 6. The molecular formula is C22H25NO3. The lowest BCUT2D eigenvalue weighted by Crippen LogP contribution is -2.36. The molecule has 1 aliphatic heterocycles. The molecular weight excluding hydrogens is 326 g/mol. The Morgan fingerprint density at radius 3 is 2.46 bits per heavy atom. The number of benzene rings is 2. The molecule has 1 heterocycles. The fourth-order valence-electron chi connectivity index (χ4n) is 3.93. The number of carbonyl (C=O) groups excluding carboxylic acids is 1. The third-order valence-corrected chi connectivity index (χ3v) is 5.23. The van der Waals surface area contributed by atoms with Crippen molar-refractivity contribution >= 4 is 5.78 Å². The quantitative estimate of drug-likeness (QED) is 0.723. The fourth-order valence-corrected chi connectivity index (χ4v) is 3.93. The lowest BCUT2D eigenvalue weighted by atomic mass is 10.0. The molecule has 2 aromatic rings. The Morgan fingerprint density at radius 2 is 1.81 bits per heavy atom. The van der Waals surface area contributed by atoms with Gasteiger partial charge in [-0.05, 0) is 44.9 Å². The van der Waals surface area contributed by atoms with Gasteiger partial charge in [0.15, 0.2) is 5.78 Å². The molecule has 0 saturated carbocycles. The lowest BCUT2D eigenvalue weighted by molar-refractivity contribution is 0.104. The van der Waals surface area contributed by atoms with E-state index >= 15 is 0 Å². The summed E-state index contributed by atoms with van der Waals surface area (Å²) in [6.07, 6.45) is 3.28. The molecule has 1 aliphatic carbocycles. The number of hydrogen-bond donors (Lipinski definition) is 1. The summed E-state index contributed by atoms with van der Waals surface area (Å²) in [5, 5.41) is 3.49. The van der Waals surface area contributed by atoms with Gasteiger partial charge in [-0.15, -0.1) is 0 Å². The van der Waals surface area contributed by atoms with Gasteiger partial charge in [-0.2, -0.15) is 0 Å². The average Bonchev–Trinajstić information content (AvgIpc) is 3.29. The summed E-state index contributed by atoms with van der Waals surface area (Å²) in [6.45, 7) is 5.85. The Hall–Kier alpha value is -2.33. The largest absolute Gasteiger partial charge is 0.493 e. The molecule has 1 fully saturated rings. The summed E-state index contributed by atoms with van der Waals surface area (Å²) >= 11 is 0. The maximum Gasteiger partial charge on any atom is 0.194 e. The van der Waals surface area contributed by atoms with Crippen molar-refractivity contribution in [1.29, 1.82) is 0 Å². The van der Waals surface area contributed by atoms with Crippen LogP contribution in [0.15, 0.2) is 36.4 Å². The first-order valence-corrected chi connectivity index (χ1v) is 9.54. The van der Waals surface area contributed by atoms with Gasteiger partial charge < -0.3 is 14.8 Å². The van der Waals surface area contributed by atoms with Crippen molar-refractivity contribution in [3.63, 3.8) is 0 Å². The summed E-state index contributed by atoms with van der Waals surface area (Å²) in [7, 11) is 0. The van der Waals surface area contributed by atoms with Crippen LogP contribution in [0.4, 0.5) is 0 Å². The molecule has 2 unspecified atom stereocenters. The number of hydrogen-bond acceptors (Lipinski definition) is 4. The van der Waals surface area contributed by atoms with Gasteiger partial charge in [0.1, 0.15) is 17.6 Å². The molecule has 136 valence electrons. The monoisotopic (exact) mass is 351 g/mol. The first kappa shape index (κ1) is 17.1. The van der Waals surface area contributed by atoms with E-state index in [1.165, 1.54) is 6.42 Å². The van der Waals surface area contributed by atoms with E-state index in [4.69, 9.17) is 9.47 Å². The zero-order valence-electron chi connectivity index (χ0n) is 15.4. The highest BCUT2D eigenvalue weighted by atomic mass is 16.5. The van der Waals surface area contributed by atoms with Crippen molar-refractivity contribution in [2.24, 2.45) is 0 Å². The molecule has 2 aliphatic rings. The minimum atomic E-state index is 0.0480. The van der Waals surface area contributed by atoms with E-state index in [1.807, 2.05) is 36.4 Å². The van der Waals surface area contributed by atoms with E-state index in [-0.39, 0.29) is 11.9 Å². The summed E-state index contributed by atoms with van der Waals surface area (Å²) in [5.74, 6) is 1.58. The minimum Gasteiger partial charge on any atom is -0.493 e. The molecule has 0 amide bonds. The van der Waals surface area contributed by atoms with Crippen molar-refractivity contribution in [2.75, 3.05) is 13.2 Å². The SMILES string of the molecule is CCCOc1cccc2c1-c1c(OC(C)C3CCCN3)cccc1C2=O. The topological polar surface area (TPSA) is 47.6 Å². The molecule has 2 atom stereocenters. The number of ether oxygens (including phenoxy) is 2. The van der Waals surface area contributed by atoms with Crippen LogP contribution in [0.5, 0.6) is 11.5 Å². The third-order valence-electron chi connectivity index (χ3n) is 5.23. The van der Waals surface area contributed by atoms with Crippen molar-refractivity contribution in [3.8, 4) is 22.6 Å². The van der Waals surface area contributed by atoms with E-state index in [0.29, 0.717) is 23.8 Å². The molecule has 4 rings (SSSR count). The summed E-state index contributed by atoms with van der Waals surface area (Å²) in [4.78, 5) is 12.9. The summed E-state index contributed by atoms with van der Waals surface area (Å²) < 4.78 is 12.3. The third kappa shape index (κ3) is 2.88. The minimum absolute atomic E-state index is 0.0480. The molecule has 0 radical (unpaired) electrons. The first-order chi connectivity index (χ1) is 12.7. The Balaban J connectivity index is 1.75. The Bertz CT molecular complexity index is 824. The van der Waals surface area contributed by atoms with E-state index in [0.717, 1.165) is 42.0 Å². The maximum absolute atomic E-state index is 12.9. The van der Waals surface area contributed by atoms with Crippen LogP contribution < -0.4 is 14.8 Å². The standard InChI is InChI=1S/C22H25NO3/c1-3-13-25-18-10-4-7-15-20(18)21-16(22(15)24)8-5-11-19(21)26-14(2)17-9-6-12-23-17/h4-5,7-8,10-11,14,17,23H,3,6,9,12-13H2,1-2H3. The zero-order valence-corrected chi connectivity index (χ0v) is 15.4. The van der Waals surface area contributed by atoms with Gasteiger partial charge in [0, 0.05) is 28.3 Å². The summed E-state index contributed by atoms with van der Waals surface area (Å²) in [6, 6.07) is 11.8. The zero-order chi connectivity index (χ0) is 18.1. The second-order valence-electron chi connectivity index (χ2n) is 7.06. The molecule has 2 aromatic carbocycles. The van der Waals surface area contributed by atoms with Crippen LogP contribution in [-0.2, 0) is 0 Å². The van der Waals surface area contributed by atoms with Gasteiger partial charge in [-0.25, -0.2) is 0 Å². The molecule has 4 nitrogen and oxygen atoms in total. The molecule has 0 aromatic heterocycles. The molecule has 1 N–H and O–H groups in total. The smallest absolute Gasteiger partial charge is 0.194 e. The Morgan fingerprint density at radius 1 is 1.12 bits per heavy atom. The lowest BCUT2D eigenvalue weighted by Gasteiger charge is -2.23. The highest BCUT2D eigenvalue weighted by molar-refractivity contribution is 6.23. The van der Waals surface area contributed by atoms with Crippen molar-refractivity contribution in [2.45, 2.75) is 45.3 Å². The molecule has 0 spiro atoms. The van der Waals surface area contributed by atoms with E-state index in [9.17, 15) is 4.79 Å². The van der Waals surface area contributed by atoms with E-state index < -0.39 is 0 Å². The van der Waals surface area contributed by atoms with Gasteiger partial charge in [0.2, 0.25) is 0 Å². The van der Waals surface area contributed by atoms with Crippen LogP contribution in [0, 0.1) is 0 Å². The number of carbonyl (C=O) groups is 1. The van der Waals surface area contributed by atoms with Crippen molar-refractivity contribution in [3.05, 3.63) is 47.5 Å². The van der Waals surface area contributed by atoms with Crippen LogP contribution in [-0.4, -0.2) is 31.1 Å². The van der Waals surface area contributed by atoms with Crippen LogP contribution >= 0.6 is 0 Å². The van der Waals surface area contributed by atoms with Gasteiger partial charge in [0.05, 0.1) is 6.61 Å². The predicted molar refractivity (Wildman–Crippen MR) is 102 cm³/mol. The van der Waals surface area contributed by atoms with E-state index in [2.05, 4.69) is 19.2 Å². The highest BCUT2D eigenvalue weighted by Crippen LogP contribution is 2.47. The Kier molecular flexibility index (Phi) is 4.68. The first-order valence-electron chi connectivity index (χ1n) is 9.54. The predicted octanol–water partition coefficient (Wildman–Crippen LogP) is 4.21. The van der Waals surface area contributed by atoms with Crippen LogP contribution in [0.3, 0.4) is 0 Å². The van der Waals surface area contributed by atoms with E-state index in [1.54, 1.807) is 0 Å². The second-order valence-corrected chi connectivity index (χ2v) is 7.06. The second kappa shape index (κ2) is 7.12. The molecule has 1 saturated heterocycles. The van der Waals surface area contributed by atoms with Crippen LogP contribution in [0.25, 0.3) is 11.1 Å². The number of fused-ring (bicyclic) bond motifs is 3. The highest BCUT2D eigenvalue weighted by Gasteiger charge is 2.33. The number of nitrogens with one attached hydrogen (secondary N) is 1. The normalized spacial score (nSPS) is 19.2. The fraction of sp³-hybridized carbons (Fsp3) is 0.409. The molecule has 4 heteroatoms. The number of ketones is 1. The molecule has 0 bridgehead atoms. The average molecular weight is 351 g/mol. The van der Waals surface area contributed by atoms with Crippen LogP contribution in [0.2, 0.25) is 0 Å². The maximum atomic E-state index is 12.9. The Labute approximate surface area is 154 Å². The van der Waals surface area contributed by atoms with Gasteiger partial charge in [-0.1, -0.05) is 31.2 Å². The van der Waals surface area contributed by atoms with Crippen LogP contribution in [0.1, 0.15) is 49.0 Å². The van der Waals surface area contributed by atoms with Gasteiger partial charge >= 0.3 is 0 Å². The van der Waals surface area contributed by atoms with Crippen molar-refractivity contribution < 1.29 is 14.3 Å². The van der Waals surface area contributed by atoms with Gasteiger partial charge in [0.25, 0.3) is 0 Å². The summed E-state index contributed by atoms with van der Waals surface area (Å²) in [5.41, 5.74) is 3.17. The van der Waals surface area contributed by atoms with Crippen molar-refractivity contribution in [1.82, 2.24) is 5.32 Å². The van der Waals surface area contributed by atoms with Gasteiger partial charge in [-0.3, -0.25) is 4.79 Å².